The average molecular weight is 129 g/mol. The van der Waals surface area contributed by atoms with E-state index in [9.17, 15) is 0 Å². The van der Waals surface area contributed by atoms with Crippen LogP contribution in [0.15, 0.2) is 0 Å². The van der Waals surface area contributed by atoms with Gasteiger partial charge in [0, 0.05) is 13.1 Å². The summed E-state index contributed by atoms with van der Waals surface area (Å²) in [7, 11) is 0. The summed E-state index contributed by atoms with van der Waals surface area (Å²) in [6.07, 6.45) is 0.655. The van der Waals surface area contributed by atoms with E-state index in [4.69, 9.17) is 9.47 Å². The van der Waals surface area contributed by atoms with Gasteiger partial charge in [0.05, 0.1) is 0 Å². The molecular weight excluding hydrogens is 118 g/mol. The molecule has 0 bridgehead atoms. The Bertz CT molecular complexity index is 106. The van der Waals surface area contributed by atoms with Crippen LogP contribution in [0, 0.1) is 0 Å². The van der Waals surface area contributed by atoms with Crippen LogP contribution in [0.1, 0.15) is 6.92 Å². The summed E-state index contributed by atoms with van der Waals surface area (Å²) < 4.78 is 10.8. The van der Waals surface area contributed by atoms with Crippen LogP contribution in [0.3, 0.4) is 0 Å². The molecule has 1 unspecified atom stereocenters. The molecule has 0 aromatic heterocycles. The first kappa shape index (κ1) is 5.65. The minimum absolute atomic E-state index is 0.0158. The minimum atomic E-state index is 0.0158. The topological polar surface area (TPSA) is 30.5 Å². The van der Waals surface area contributed by atoms with E-state index in [1.807, 2.05) is 6.92 Å². The summed E-state index contributed by atoms with van der Waals surface area (Å²) in [5, 5.41) is 3.19. The van der Waals surface area contributed by atoms with Gasteiger partial charge in [-0.1, -0.05) is 0 Å². The van der Waals surface area contributed by atoms with Gasteiger partial charge in [0.1, 0.15) is 12.2 Å². The second-order valence-corrected chi connectivity index (χ2v) is 2.57. The van der Waals surface area contributed by atoms with Crippen LogP contribution in [0.25, 0.3) is 0 Å². The normalized spacial score (nSPS) is 49.7. The zero-order valence-corrected chi connectivity index (χ0v) is 5.46. The van der Waals surface area contributed by atoms with Gasteiger partial charge in [-0.25, -0.2) is 0 Å². The van der Waals surface area contributed by atoms with Crippen molar-refractivity contribution in [2.24, 2.45) is 0 Å². The molecule has 2 rings (SSSR count). The van der Waals surface area contributed by atoms with Crippen molar-refractivity contribution in [3.63, 3.8) is 0 Å². The quantitative estimate of drug-likeness (QED) is 0.488. The first-order valence-electron chi connectivity index (χ1n) is 3.38. The number of hydrogen-bond donors (Lipinski definition) is 1. The molecule has 0 aromatic carbocycles. The lowest BCUT2D eigenvalue weighted by atomic mass is 10.3. The van der Waals surface area contributed by atoms with Gasteiger partial charge < -0.3 is 14.8 Å². The zero-order chi connectivity index (χ0) is 6.27. The number of hydrogen-bond acceptors (Lipinski definition) is 3. The lowest BCUT2D eigenvalue weighted by Crippen LogP contribution is -2.18. The Morgan fingerprint density at radius 1 is 1.22 bits per heavy atom. The van der Waals surface area contributed by atoms with Gasteiger partial charge in [-0.15, -0.1) is 0 Å². The molecule has 0 aliphatic carbocycles. The molecule has 0 spiro atoms. The summed E-state index contributed by atoms with van der Waals surface area (Å²) in [6.45, 7) is 3.85. The molecule has 3 atom stereocenters. The van der Waals surface area contributed by atoms with Gasteiger partial charge in [-0.3, -0.25) is 0 Å². The lowest BCUT2D eigenvalue weighted by molar-refractivity contribution is -0.0550. The predicted octanol–water partition coefficient (Wildman–Crippen LogP) is -0.280. The molecule has 2 saturated heterocycles. The van der Waals surface area contributed by atoms with Crippen LogP contribution in [0.4, 0.5) is 0 Å². The zero-order valence-electron chi connectivity index (χ0n) is 5.46. The molecule has 3 nitrogen and oxygen atoms in total. The summed E-state index contributed by atoms with van der Waals surface area (Å²) >= 11 is 0. The fourth-order valence-electron chi connectivity index (χ4n) is 1.43. The standard InChI is InChI=1S/C6H11NO2/c1-4-8-5-2-7-3-6(5)9-4/h4-7H,2-3H2,1H3/t4?,5-,6+. The minimum Gasteiger partial charge on any atom is -0.346 e. The summed E-state index contributed by atoms with van der Waals surface area (Å²) in [5.74, 6) is 0. The third-order valence-electron chi connectivity index (χ3n) is 1.84. The Balaban J connectivity index is 2.02. The highest BCUT2D eigenvalue weighted by atomic mass is 16.7. The molecule has 2 aliphatic heterocycles. The van der Waals surface area contributed by atoms with E-state index in [1.54, 1.807) is 0 Å². The van der Waals surface area contributed by atoms with E-state index in [0.717, 1.165) is 13.1 Å². The van der Waals surface area contributed by atoms with Gasteiger partial charge in [0.2, 0.25) is 0 Å². The van der Waals surface area contributed by atoms with E-state index in [2.05, 4.69) is 5.32 Å². The fourth-order valence-corrected chi connectivity index (χ4v) is 1.43. The van der Waals surface area contributed by atoms with Crippen molar-refractivity contribution in [3.8, 4) is 0 Å². The largest absolute Gasteiger partial charge is 0.346 e. The van der Waals surface area contributed by atoms with E-state index in [-0.39, 0.29) is 6.29 Å². The number of fused-ring (bicyclic) bond motifs is 1. The van der Waals surface area contributed by atoms with E-state index in [1.165, 1.54) is 0 Å². The summed E-state index contributed by atoms with van der Waals surface area (Å²) in [4.78, 5) is 0. The van der Waals surface area contributed by atoms with Crippen molar-refractivity contribution in [1.82, 2.24) is 5.32 Å². The predicted molar refractivity (Wildman–Crippen MR) is 32.1 cm³/mol. The third kappa shape index (κ3) is 0.852. The van der Waals surface area contributed by atoms with Crippen LogP contribution in [-0.4, -0.2) is 31.6 Å². The Hall–Kier alpha value is -0.120. The van der Waals surface area contributed by atoms with Crippen LogP contribution < -0.4 is 5.32 Å². The van der Waals surface area contributed by atoms with Crippen molar-refractivity contribution in [1.29, 1.82) is 0 Å². The molecule has 0 radical (unpaired) electrons. The molecule has 0 saturated carbocycles. The van der Waals surface area contributed by atoms with E-state index in [0.29, 0.717) is 12.2 Å². The maximum atomic E-state index is 5.40. The first-order valence-corrected chi connectivity index (χ1v) is 3.38. The second kappa shape index (κ2) is 1.94. The van der Waals surface area contributed by atoms with Gasteiger partial charge >= 0.3 is 0 Å². The van der Waals surface area contributed by atoms with Gasteiger partial charge in [-0.05, 0) is 6.92 Å². The van der Waals surface area contributed by atoms with Crippen molar-refractivity contribution in [3.05, 3.63) is 0 Å². The molecule has 1 N–H and O–H groups in total. The molecule has 3 heteroatoms. The SMILES string of the molecule is CC1O[C@H]2CNC[C@H]2O1. The Morgan fingerprint density at radius 2 is 1.78 bits per heavy atom. The summed E-state index contributed by atoms with van der Waals surface area (Å²) in [5.41, 5.74) is 0. The smallest absolute Gasteiger partial charge is 0.155 e. The van der Waals surface area contributed by atoms with Gasteiger partial charge in [0.25, 0.3) is 0 Å². The van der Waals surface area contributed by atoms with Crippen molar-refractivity contribution in [2.75, 3.05) is 13.1 Å². The number of rotatable bonds is 0. The maximum absolute atomic E-state index is 5.40. The van der Waals surface area contributed by atoms with Crippen molar-refractivity contribution < 1.29 is 9.47 Å². The Labute approximate surface area is 54.3 Å². The van der Waals surface area contributed by atoms with Crippen molar-refractivity contribution >= 4 is 0 Å². The Morgan fingerprint density at radius 3 is 2.33 bits per heavy atom. The van der Waals surface area contributed by atoms with Crippen molar-refractivity contribution in [2.45, 2.75) is 25.4 Å². The first-order chi connectivity index (χ1) is 4.36. The maximum Gasteiger partial charge on any atom is 0.155 e. The molecule has 2 heterocycles. The highest BCUT2D eigenvalue weighted by Crippen LogP contribution is 2.20. The van der Waals surface area contributed by atoms with Gasteiger partial charge in [-0.2, -0.15) is 0 Å². The monoisotopic (exact) mass is 129 g/mol. The van der Waals surface area contributed by atoms with Crippen LogP contribution in [-0.2, 0) is 9.47 Å². The average Bonchev–Trinajstić information content (AvgIpc) is 2.22. The molecular formula is C6H11NO2. The molecule has 2 aliphatic rings. The molecule has 9 heavy (non-hydrogen) atoms. The second-order valence-electron chi connectivity index (χ2n) is 2.57. The Kier molecular flexibility index (Phi) is 1.22. The van der Waals surface area contributed by atoms with E-state index >= 15 is 0 Å². The fraction of sp³-hybridized carbons (Fsp3) is 1.00. The number of nitrogens with one attached hydrogen (secondary N) is 1. The molecule has 52 valence electrons. The highest BCUT2D eigenvalue weighted by molar-refractivity contribution is 4.86. The van der Waals surface area contributed by atoms with Crippen LogP contribution in [0.2, 0.25) is 0 Å². The molecule has 2 fully saturated rings. The molecule has 0 amide bonds. The summed E-state index contributed by atoms with van der Waals surface area (Å²) in [6, 6.07) is 0. The highest BCUT2D eigenvalue weighted by Gasteiger charge is 2.37. The van der Waals surface area contributed by atoms with Gasteiger partial charge in [0.15, 0.2) is 6.29 Å². The molecule has 0 aromatic rings. The number of ether oxygens (including phenoxy) is 2. The lowest BCUT2D eigenvalue weighted by Gasteiger charge is -2.03. The van der Waals surface area contributed by atoms with E-state index < -0.39 is 0 Å². The van der Waals surface area contributed by atoms with Crippen LogP contribution >= 0.6 is 0 Å². The van der Waals surface area contributed by atoms with Crippen LogP contribution in [0.5, 0.6) is 0 Å². The third-order valence-corrected chi connectivity index (χ3v) is 1.84.